The van der Waals surface area contributed by atoms with Crippen molar-refractivity contribution in [2.45, 2.75) is 6.61 Å². The monoisotopic (exact) mass is 227 g/mol. The maximum absolute atomic E-state index is 5.26. The van der Waals surface area contributed by atoms with Crippen molar-refractivity contribution in [1.82, 2.24) is 4.98 Å². The third-order valence-corrected chi connectivity index (χ3v) is 2.04. The molecule has 0 fully saturated rings. The van der Waals surface area contributed by atoms with Crippen molar-refractivity contribution in [3.8, 4) is 0 Å². The Balaban J connectivity index is 2.51. The number of aromatic nitrogens is 1. The van der Waals surface area contributed by atoms with Crippen LogP contribution in [-0.2, 0) is 11.3 Å². The first-order chi connectivity index (χ1) is 5.84. The van der Waals surface area contributed by atoms with Crippen molar-refractivity contribution in [2.75, 3.05) is 6.61 Å². The average Bonchev–Trinajstić information content (AvgIpc) is 2.09. The number of ether oxygens (including phenoxy) is 1. The van der Waals surface area contributed by atoms with Crippen LogP contribution in [0, 0.1) is 0 Å². The van der Waals surface area contributed by atoms with Crippen LogP contribution in [0.25, 0.3) is 0 Å². The summed E-state index contributed by atoms with van der Waals surface area (Å²) in [5, 5.41) is 0. The zero-order valence-corrected chi connectivity index (χ0v) is 8.25. The molecule has 0 bridgehead atoms. The lowest BCUT2D eigenvalue weighted by molar-refractivity contribution is 0.148. The second-order valence-corrected chi connectivity index (χ2v) is 3.01. The van der Waals surface area contributed by atoms with Gasteiger partial charge in [0.2, 0.25) is 0 Å². The first-order valence-electron chi connectivity index (χ1n) is 3.62. The van der Waals surface area contributed by atoms with Crippen LogP contribution in [0.15, 0.2) is 35.6 Å². The van der Waals surface area contributed by atoms with Gasteiger partial charge >= 0.3 is 0 Å². The van der Waals surface area contributed by atoms with Gasteiger partial charge < -0.3 is 4.74 Å². The molecule has 64 valence electrons. The van der Waals surface area contributed by atoms with E-state index in [0.717, 1.165) is 10.2 Å². The standard InChI is InChI=1S/C9H10BrNO/c1-2-6-12-7-8-4-3-5-11-9(8)10/h2-5H,1,6-7H2. The molecule has 1 heterocycles. The number of nitrogens with zero attached hydrogens (tertiary/aromatic N) is 1. The second-order valence-electron chi connectivity index (χ2n) is 2.26. The van der Waals surface area contributed by atoms with Gasteiger partial charge in [0.05, 0.1) is 13.2 Å². The molecular weight excluding hydrogens is 218 g/mol. The van der Waals surface area contributed by atoms with Crippen LogP contribution in [0.2, 0.25) is 0 Å². The van der Waals surface area contributed by atoms with E-state index < -0.39 is 0 Å². The van der Waals surface area contributed by atoms with Gasteiger partial charge in [0.15, 0.2) is 0 Å². The summed E-state index contributed by atoms with van der Waals surface area (Å²) >= 11 is 3.33. The molecule has 0 spiro atoms. The molecule has 0 radical (unpaired) electrons. The summed E-state index contributed by atoms with van der Waals surface area (Å²) in [7, 11) is 0. The smallest absolute Gasteiger partial charge is 0.111 e. The lowest BCUT2D eigenvalue weighted by Crippen LogP contribution is -1.94. The molecule has 0 aliphatic heterocycles. The van der Waals surface area contributed by atoms with E-state index in [0.29, 0.717) is 13.2 Å². The Morgan fingerprint density at radius 1 is 1.67 bits per heavy atom. The fourth-order valence-corrected chi connectivity index (χ4v) is 1.14. The number of hydrogen-bond acceptors (Lipinski definition) is 2. The molecule has 1 aromatic heterocycles. The average molecular weight is 228 g/mol. The molecule has 0 aliphatic carbocycles. The number of halogens is 1. The minimum atomic E-state index is 0.570. The van der Waals surface area contributed by atoms with Gasteiger partial charge in [-0.3, -0.25) is 0 Å². The van der Waals surface area contributed by atoms with E-state index in [1.165, 1.54) is 0 Å². The Hall–Kier alpha value is -0.670. The molecule has 1 aromatic rings. The Bertz CT molecular complexity index is 262. The van der Waals surface area contributed by atoms with Crippen molar-refractivity contribution in [1.29, 1.82) is 0 Å². The van der Waals surface area contributed by atoms with Crippen LogP contribution < -0.4 is 0 Å². The van der Waals surface area contributed by atoms with E-state index >= 15 is 0 Å². The Kier molecular flexibility index (Phi) is 3.97. The molecule has 0 aliphatic rings. The first kappa shape index (κ1) is 9.42. The van der Waals surface area contributed by atoms with Gasteiger partial charge in [0.25, 0.3) is 0 Å². The fourth-order valence-electron chi connectivity index (χ4n) is 0.779. The minimum absolute atomic E-state index is 0.570. The van der Waals surface area contributed by atoms with Crippen molar-refractivity contribution in [3.63, 3.8) is 0 Å². The van der Waals surface area contributed by atoms with E-state index in [4.69, 9.17) is 4.74 Å². The van der Waals surface area contributed by atoms with Gasteiger partial charge in [-0.25, -0.2) is 4.98 Å². The lowest BCUT2D eigenvalue weighted by Gasteiger charge is -2.02. The largest absolute Gasteiger partial charge is 0.373 e. The van der Waals surface area contributed by atoms with E-state index in [9.17, 15) is 0 Å². The summed E-state index contributed by atoms with van der Waals surface area (Å²) in [5.74, 6) is 0. The maximum atomic E-state index is 5.26. The Morgan fingerprint density at radius 2 is 2.50 bits per heavy atom. The quantitative estimate of drug-likeness (QED) is 0.448. The zero-order valence-electron chi connectivity index (χ0n) is 6.66. The summed E-state index contributed by atoms with van der Waals surface area (Å²) in [4.78, 5) is 4.07. The summed E-state index contributed by atoms with van der Waals surface area (Å²) in [6.45, 7) is 4.70. The summed E-state index contributed by atoms with van der Waals surface area (Å²) < 4.78 is 6.10. The maximum Gasteiger partial charge on any atom is 0.111 e. The molecule has 0 amide bonds. The lowest BCUT2D eigenvalue weighted by atomic mass is 10.3. The molecule has 0 aromatic carbocycles. The van der Waals surface area contributed by atoms with Gasteiger partial charge in [-0.15, -0.1) is 6.58 Å². The minimum Gasteiger partial charge on any atom is -0.373 e. The predicted octanol–water partition coefficient (Wildman–Crippen LogP) is 2.55. The molecule has 0 atom stereocenters. The van der Waals surface area contributed by atoms with Crippen LogP contribution in [-0.4, -0.2) is 11.6 Å². The highest BCUT2D eigenvalue weighted by molar-refractivity contribution is 9.10. The van der Waals surface area contributed by atoms with Crippen molar-refractivity contribution in [3.05, 3.63) is 41.2 Å². The summed E-state index contributed by atoms with van der Waals surface area (Å²) in [5.41, 5.74) is 1.05. The Labute approximate surface area is 80.4 Å². The molecule has 0 saturated heterocycles. The van der Waals surface area contributed by atoms with E-state index in [1.807, 2.05) is 12.1 Å². The molecule has 0 N–H and O–H groups in total. The van der Waals surface area contributed by atoms with Gasteiger partial charge in [-0.1, -0.05) is 12.1 Å². The molecule has 3 heteroatoms. The highest BCUT2D eigenvalue weighted by atomic mass is 79.9. The van der Waals surface area contributed by atoms with Crippen LogP contribution in [0.1, 0.15) is 5.56 Å². The molecule has 12 heavy (non-hydrogen) atoms. The van der Waals surface area contributed by atoms with Crippen LogP contribution in [0.4, 0.5) is 0 Å². The molecule has 0 unspecified atom stereocenters. The molecule has 0 saturated carbocycles. The highest BCUT2D eigenvalue weighted by Gasteiger charge is 1.97. The third-order valence-electron chi connectivity index (χ3n) is 1.33. The van der Waals surface area contributed by atoms with Crippen LogP contribution in [0.5, 0.6) is 0 Å². The molecule has 1 rings (SSSR count). The molecule has 2 nitrogen and oxygen atoms in total. The van der Waals surface area contributed by atoms with Crippen LogP contribution >= 0.6 is 15.9 Å². The normalized spacial score (nSPS) is 9.75. The predicted molar refractivity (Wildman–Crippen MR) is 51.8 cm³/mol. The van der Waals surface area contributed by atoms with Gasteiger partial charge in [-0.2, -0.15) is 0 Å². The van der Waals surface area contributed by atoms with E-state index in [-0.39, 0.29) is 0 Å². The van der Waals surface area contributed by atoms with Crippen molar-refractivity contribution >= 4 is 15.9 Å². The van der Waals surface area contributed by atoms with Crippen molar-refractivity contribution in [2.24, 2.45) is 0 Å². The number of pyridine rings is 1. The SMILES string of the molecule is C=CCOCc1cccnc1Br. The third kappa shape index (κ3) is 2.75. The molecular formula is C9H10BrNO. The van der Waals surface area contributed by atoms with E-state index in [2.05, 4.69) is 27.5 Å². The van der Waals surface area contributed by atoms with Gasteiger partial charge in [0.1, 0.15) is 4.60 Å². The second kappa shape index (κ2) is 5.06. The Morgan fingerprint density at radius 3 is 3.17 bits per heavy atom. The zero-order chi connectivity index (χ0) is 8.81. The number of hydrogen-bond donors (Lipinski definition) is 0. The fraction of sp³-hybridized carbons (Fsp3) is 0.222. The first-order valence-corrected chi connectivity index (χ1v) is 4.42. The van der Waals surface area contributed by atoms with E-state index in [1.54, 1.807) is 12.3 Å². The van der Waals surface area contributed by atoms with Crippen LogP contribution in [0.3, 0.4) is 0 Å². The van der Waals surface area contributed by atoms with Crippen molar-refractivity contribution < 1.29 is 4.74 Å². The summed E-state index contributed by atoms with van der Waals surface area (Å²) in [6, 6.07) is 3.86. The highest BCUT2D eigenvalue weighted by Crippen LogP contribution is 2.12. The summed E-state index contributed by atoms with van der Waals surface area (Å²) in [6.07, 6.45) is 3.46. The topological polar surface area (TPSA) is 22.1 Å². The van der Waals surface area contributed by atoms with Gasteiger partial charge in [0, 0.05) is 11.8 Å². The van der Waals surface area contributed by atoms with Gasteiger partial charge in [-0.05, 0) is 22.0 Å². The number of rotatable bonds is 4.